The van der Waals surface area contributed by atoms with Crippen molar-refractivity contribution in [3.05, 3.63) is 62.3 Å². The first-order valence-electron chi connectivity index (χ1n) is 6.01. The summed E-state index contributed by atoms with van der Waals surface area (Å²) in [5, 5.41) is 0. The predicted molar refractivity (Wildman–Crippen MR) is 84.6 cm³/mol. The molecule has 0 aliphatic carbocycles. The van der Waals surface area contributed by atoms with Crippen molar-refractivity contribution in [2.24, 2.45) is 5.84 Å². The van der Waals surface area contributed by atoms with Crippen LogP contribution in [0.25, 0.3) is 0 Å². The molecule has 1 atom stereocenters. The molecule has 0 saturated heterocycles. The van der Waals surface area contributed by atoms with Crippen molar-refractivity contribution in [1.29, 1.82) is 0 Å². The molecule has 1 aromatic heterocycles. The number of hydrazine groups is 1. The molecule has 1 heterocycles. The quantitative estimate of drug-likeness (QED) is 0.623. The molecule has 0 fully saturated rings. The lowest BCUT2D eigenvalue weighted by Crippen LogP contribution is -2.29. The first-order chi connectivity index (χ1) is 9.15. The second kappa shape index (κ2) is 6.61. The van der Waals surface area contributed by atoms with E-state index in [2.05, 4.69) is 67.4 Å². The van der Waals surface area contributed by atoms with Crippen LogP contribution < -0.4 is 11.3 Å². The van der Waals surface area contributed by atoms with E-state index in [1.807, 2.05) is 12.1 Å². The van der Waals surface area contributed by atoms with Gasteiger partial charge in [0.1, 0.15) is 0 Å². The Bertz CT molecular complexity index is 572. The summed E-state index contributed by atoms with van der Waals surface area (Å²) < 4.78 is 1.85. The Hall–Kier alpha value is -0.750. The lowest BCUT2D eigenvalue weighted by atomic mass is 10.0. The SMILES string of the molecule is CCc1cccc(C(NN)c2ncc(Br)cc2Br)c1. The number of benzene rings is 1. The summed E-state index contributed by atoms with van der Waals surface area (Å²) in [5.41, 5.74) is 6.10. The van der Waals surface area contributed by atoms with Crippen molar-refractivity contribution in [2.45, 2.75) is 19.4 Å². The smallest absolute Gasteiger partial charge is 0.0893 e. The van der Waals surface area contributed by atoms with Crippen molar-refractivity contribution < 1.29 is 0 Å². The second-order valence-electron chi connectivity index (χ2n) is 4.22. The van der Waals surface area contributed by atoms with E-state index in [9.17, 15) is 0 Å². The van der Waals surface area contributed by atoms with Gasteiger partial charge in [-0.3, -0.25) is 10.8 Å². The first kappa shape index (κ1) is 14.7. The molecule has 0 aliphatic rings. The molecule has 0 bridgehead atoms. The van der Waals surface area contributed by atoms with E-state index < -0.39 is 0 Å². The van der Waals surface area contributed by atoms with Gasteiger partial charge in [0, 0.05) is 15.1 Å². The third-order valence-electron chi connectivity index (χ3n) is 2.97. The van der Waals surface area contributed by atoms with E-state index in [-0.39, 0.29) is 6.04 Å². The minimum absolute atomic E-state index is 0.131. The summed E-state index contributed by atoms with van der Waals surface area (Å²) in [5.74, 6) is 5.71. The highest BCUT2D eigenvalue weighted by atomic mass is 79.9. The Morgan fingerprint density at radius 3 is 2.74 bits per heavy atom. The maximum atomic E-state index is 5.71. The van der Waals surface area contributed by atoms with Crippen LogP contribution >= 0.6 is 31.9 Å². The highest BCUT2D eigenvalue weighted by Crippen LogP contribution is 2.28. The number of aryl methyl sites for hydroxylation is 1. The van der Waals surface area contributed by atoms with Crippen molar-refractivity contribution in [3.8, 4) is 0 Å². The van der Waals surface area contributed by atoms with Gasteiger partial charge in [0.05, 0.1) is 11.7 Å². The van der Waals surface area contributed by atoms with Gasteiger partial charge in [-0.05, 0) is 55.5 Å². The van der Waals surface area contributed by atoms with Gasteiger partial charge in [0.25, 0.3) is 0 Å². The lowest BCUT2D eigenvalue weighted by Gasteiger charge is -2.18. The van der Waals surface area contributed by atoms with Gasteiger partial charge < -0.3 is 0 Å². The van der Waals surface area contributed by atoms with Gasteiger partial charge in [0.15, 0.2) is 0 Å². The monoisotopic (exact) mass is 383 g/mol. The van der Waals surface area contributed by atoms with E-state index in [1.165, 1.54) is 5.56 Å². The summed E-state index contributed by atoms with van der Waals surface area (Å²) in [6.45, 7) is 2.14. The Labute approximate surface area is 129 Å². The Morgan fingerprint density at radius 1 is 1.32 bits per heavy atom. The average Bonchev–Trinajstić information content (AvgIpc) is 2.42. The molecule has 19 heavy (non-hydrogen) atoms. The largest absolute Gasteiger partial charge is 0.271 e. The number of nitrogens with zero attached hydrogens (tertiary/aromatic N) is 1. The summed E-state index contributed by atoms with van der Waals surface area (Å²) >= 11 is 6.94. The Balaban J connectivity index is 2.43. The van der Waals surface area contributed by atoms with Gasteiger partial charge in [0.2, 0.25) is 0 Å². The highest BCUT2D eigenvalue weighted by Gasteiger charge is 2.17. The topological polar surface area (TPSA) is 50.9 Å². The van der Waals surface area contributed by atoms with Crippen LogP contribution in [0.5, 0.6) is 0 Å². The maximum absolute atomic E-state index is 5.71. The molecule has 3 N–H and O–H groups in total. The van der Waals surface area contributed by atoms with Crippen LogP contribution in [0.4, 0.5) is 0 Å². The van der Waals surface area contributed by atoms with Crippen LogP contribution in [0.15, 0.2) is 45.5 Å². The number of nitrogens with one attached hydrogen (secondary N) is 1. The number of aromatic nitrogens is 1. The van der Waals surface area contributed by atoms with Crippen LogP contribution in [0.3, 0.4) is 0 Å². The molecular weight excluding hydrogens is 370 g/mol. The van der Waals surface area contributed by atoms with Gasteiger partial charge in [-0.2, -0.15) is 0 Å². The molecular formula is C14H15Br2N3. The maximum Gasteiger partial charge on any atom is 0.0893 e. The van der Waals surface area contributed by atoms with Gasteiger partial charge in [-0.1, -0.05) is 31.2 Å². The predicted octanol–water partition coefficient (Wildman–Crippen LogP) is 3.72. The summed E-state index contributed by atoms with van der Waals surface area (Å²) in [4.78, 5) is 4.44. The number of nitrogens with two attached hydrogens (primary N) is 1. The molecule has 1 aromatic carbocycles. The van der Waals surface area contributed by atoms with Crippen LogP contribution in [-0.2, 0) is 6.42 Å². The molecule has 0 spiro atoms. The molecule has 100 valence electrons. The van der Waals surface area contributed by atoms with Crippen molar-refractivity contribution in [2.75, 3.05) is 0 Å². The molecule has 0 aliphatic heterocycles. The molecule has 1 unspecified atom stereocenters. The summed E-state index contributed by atoms with van der Waals surface area (Å²) in [6.07, 6.45) is 2.77. The van der Waals surface area contributed by atoms with Gasteiger partial charge in [-0.15, -0.1) is 0 Å². The van der Waals surface area contributed by atoms with Crippen molar-refractivity contribution in [3.63, 3.8) is 0 Å². The van der Waals surface area contributed by atoms with Gasteiger partial charge >= 0.3 is 0 Å². The third-order valence-corrected chi connectivity index (χ3v) is 4.04. The van der Waals surface area contributed by atoms with Crippen molar-refractivity contribution in [1.82, 2.24) is 10.4 Å². The molecule has 2 rings (SSSR count). The molecule has 0 radical (unpaired) electrons. The number of hydrogen-bond acceptors (Lipinski definition) is 3. The summed E-state index contributed by atoms with van der Waals surface area (Å²) in [7, 11) is 0. The average molecular weight is 385 g/mol. The zero-order valence-corrected chi connectivity index (χ0v) is 13.7. The second-order valence-corrected chi connectivity index (χ2v) is 5.99. The normalized spacial score (nSPS) is 12.4. The first-order valence-corrected chi connectivity index (χ1v) is 7.60. The standard InChI is InChI=1S/C14H15Br2N3/c1-2-9-4-3-5-10(6-9)13(19-17)14-12(16)7-11(15)8-18-14/h3-8,13,19H,2,17H2,1H3. The van der Waals surface area contributed by atoms with Crippen LogP contribution in [0.1, 0.15) is 29.8 Å². The number of pyridine rings is 1. The highest BCUT2D eigenvalue weighted by molar-refractivity contribution is 9.11. The van der Waals surface area contributed by atoms with Crippen LogP contribution in [0, 0.1) is 0 Å². The lowest BCUT2D eigenvalue weighted by molar-refractivity contribution is 0.617. The molecule has 0 saturated carbocycles. The summed E-state index contributed by atoms with van der Waals surface area (Å²) in [6, 6.07) is 10.2. The fourth-order valence-electron chi connectivity index (χ4n) is 1.96. The zero-order chi connectivity index (χ0) is 13.8. The fraction of sp³-hybridized carbons (Fsp3) is 0.214. The number of halogens is 2. The molecule has 0 amide bonds. The van der Waals surface area contributed by atoms with E-state index in [0.717, 1.165) is 26.6 Å². The third kappa shape index (κ3) is 3.42. The minimum Gasteiger partial charge on any atom is -0.271 e. The fourth-order valence-corrected chi connectivity index (χ4v) is 3.18. The number of rotatable bonds is 4. The van der Waals surface area contributed by atoms with E-state index in [1.54, 1.807) is 6.20 Å². The Kier molecular flexibility index (Phi) is 5.10. The molecule has 3 nitrogen and oxygen atoms in total. The van der Waals surface area contributed by atoms with E-state index >= 15 is 0 Å². The van der Waals surface area contributed by atoms with E-state index in [0.29, 0.717) is 0 Å². The molecule has 2 aromatic rings. The van der Waals surface area contributed by atoms with Gasteiger partial charge in [-0.25, -0.2) is 5.43 Å². The number of hydrogen-bond donors (Lipinski definition) is 2. The van der Waals surface area contributed by atoms with Crippen LogP contribution in [-0.4, -0.2) is 4.98 Å². The minimum atomic E-state index is -0.131. The van der Waals surface area contributed by atoms with Crippen molar-refractivity contribution >= 4 is 31.9 Å². The zero-order valence-electron chi connectivity index (χ0n) is 10.5. The van der Waals surface area contributed by atoms with E-state index in [4.69, 9.17) is 5.84 Å². The molecule has 5 heteroatoms. The Morgan fingerprint density at radius 2 is 2.11 bits per heavy atom. The van der Waals surface area contributed by atoms with Crippen LogP contribution in [0.2, 0.25) is 0 Å².